The topological polar surface area (TPSA) is 67.8 Å². The Kier molecular flexibility index (Phi) is 4.91. The maximum absolute atomic E-state index is 13.4. The summed E-state index contributed by atoms with van der Waals surface area (Å²) in [6.45, 7) is 4.33. The van der Waals surface area contributed by atoms with Crippen molar-refractivity contribution in [2.24, 2.45) is 0 Å². The van der Waals surface area contributed by atoms with E-state index in [9.17, 15) is 14.9 Å². The van der Waals surface area contributed by atoms with Gasteiger partial charge >= 0.3 is 5.69 Å². The number of rotatable bonds is 4. The van der Waals surface area contributed by atoms with Gasteiger partial charge in [0.15, 0.2) is 0 Å². The van der Waals surface area contributed by atoms with Crippen molar-refractivity contribution < 1.29 is 0 Å². The summed E-state index contributed by atoms with van der Waals surface area (Å²) in [5.74, 6) is 0. The maximum Gasteiger partial charge on any atom is 0.332 e. The average Bonchev–Trinajstić information content (AvgIpc) is 3.04. The van der Waals surface area contributed by atoms with Gasteiger partial charge in [-0.3, -0.25) is 13.9 Å². The van der Waals surface area contributed by atoms with Crippen LogP contribution in [0.5, 0.6) is 0 Å². The SMILES string of the molecule is Cc1sc2c(c1C)c(=O)n(Cc1ccccc1)c(=O)n2Cc1ccccc1C#N. The van der Waals surface area contributed by atoms with Crippen molar-refractivity contribution in [1.29, 1.82) is 5.26 Å². The number of nitrogens with zero attached hydrogens (tertiary/aromatic N) is 3. The molecule has 0 atom stereocenters. The smallest absolute Gasteiger partial charge is 0.280 e. The molecule has 2 aromatic heterocycles. The number of thiophene rings is 1. The van der Waals surface area contributed by atoms with Crippen molar-refractivity contribution in [1.82, 2.24) is 9.13 Å². The van der Waals surface area contributed by atoms with E-state index in [0.29, 0.717) is 15.8 Å². The van der Waals surface area contributed by atoms with Crippen molar-refractivity contribution >= 4 is 21.6 Å². The van der Waals surface area contributed by atoms with Crippen molar-refractivity contribution in [3.8, 4) is 6.07 Å². The summed E-state index contributed by atoms with van der Waals surface area (Å²) in [5, 5.41) is 10.0. The third-order valence-corrected chi connectivity index (χ3v) is 6.41. The molecule has 0 unspecified atom stereocenters. The molecule has 0 aliphatic rings. The normalized spacial score (nSPS) is 10.9. The summed E-state index contributed by atoms with van der Waals surface area (Å²) in [5.41, 5.74) is 2.45. The van der Waals surface area contributed by atoms with E-state index >= 15 is 0 Å². The van der Waals surface area contributed by atoms with E-state index in [0.717, 1.165) is 21.6 Å². The average molecular weight is 401 g/mol. The van der Waals surface area contributed by atoms with Crippen LogP contribution in [0.15, 0.2) is 64.2 Å². The van der Waals surface area contributed by atoms with Crippen molar-refractivity contribution in [2.75, 3.05) is 0 Å². The molecule has 4 aromatic rings. The number of aryl methyl sites for hydroxylation is 2. The number of hydrogen-bond acceptors (Lipinski definition) is 4. The van der Waals surface area contributed by atoms with E-state index in [2.05, 4.69) is 6.07 Å². The summed E-state index contributed by atoms with van der Waals surface area (Å²) in [6, 6.07) is 18.9. The lowest BCUT2D eigenvalue weighted by Crippen LogP contribution is -2.40. The molecule has 0 N–H and O–H groups in total. The first-order chi connectivity index (χ1) is 14.0. The highest BCUT2D eigenvalue weighted by molar-refractivity contribution is 7.18. The molecule has 144 valence electrons. The predicted octanol–water partition coefficient (Wildman–Crippen LogP) is 3.81. The quantitative estimate of drug-likeness (QED) is 0.522. The first-order valence-electron chi connectivity index (χ1n) is 9.26. The van der Waals surface area contributed by atoms with Gasteiger partial charge in [-0.25, -0.2) is 4.79 Å². The summed E-state index contributed by atoms with van der Waals surface area (Å²) in [4.78, 5) is 28.3. The van der Waals surface area contributed by atoms with Crippen molar-refractivity contribution in [3.63, 3.8) is 0 Å². The molecule has 0 saturated heterocycles. The molecule has 0 fully saturated rings. The van der Waals surface area contributed by atoms with Crippen molar-refractivity contribution in [3.05, 3.63) is 103 Å². The molecule has 0 radical (unpaired) electrons. The van der Waals surface area contributed by atoms with E-state index in [1.807, 2.05) is 56.3 Å². The molecule has 0 bridgehead atoms. The van der Waals surface area contributed by atoms with Crippen LogP contribution in [0.1, 0.15) is 27.1 Å². The minimum Gasteiger partial charge on any atom is -0.280 e. The molecule has 5 nitrogen and oxygen atoms in total. The molecule has 0 spiro atoms. The van der Waals surface area contributed by atoms with Gasteiger partial charge in [0.1, 0.15) is 4.83 Å². The molecule has 29 heavy (non-hydrogen) atoms. The Balaban J connectivity index is 1.98. The zero-order chi connectivity index (χ0) is 20.5. The number of nitriles is 1. The van der Waals surface area contributed by atoms with Gasteiger partial charge in [0.05, 0.1) is 30.1 Å². The third-order valence-electron chi connectivity index (χ3n) is 5.18. The van der Waals surface area contributed by atoms with E-state index < -0.39 is 0 Å². The standard InChI is InChI=1S/C23H19N3O2S/c1-15-16(2)29-22-20(15)21(27)25(13-17-8-4-3-5-9-17)23(28)26(22)14-19-11-7-6-10-18(19)12-24/h3-11H,13-14H2,1-2H3. The lowest BCUT2D eigenvalue weighted by molar-refractivity contribution is 0.637. The Bertz CT molecular complexity index is 1370. The molecule has 0 aliphatic heterocycles. The second kappa shape index (κ2) is 7.53. The van der Waals surface area contributed by atoms with Crippen LogP contribution in [0.4, 0.5) is 0 Å². The van der Waals surface area contributed by atoms with Crippen LogP contribution in [-0.4, -0.2) is 9.13 Å². The summed E-state index contributed by atoms with van der Waals surface area (Å²) >= 11 is 1.45. The van der Waals surface area contributed by atoms with E-state index in [1.165, 1.54) is 15.9 Å². The molecule has 6 heteroatoms. The van der Waals surface area contributed by atoms with Gasteiger partial charge in [-0.15, -0.1) is 11.3 Å². The van der Waals surface area contributed by atoms with Gasteiger partial charge in [0.2, 0.25) is 0 Å². The Morgan fingerprint density at radius 2 is 1.62 bits per heavy atom. The fraction of sp³-hybridized carbons (Fsp3) is 0.174. The van der Waals surface area contributed by atoms with E-state index in [4.69, 9.17) is 0 Å². The van der Waals surface area contributed by atoms with Crippen LogP contribution in [-0.2, 0) is 13.1 Å². The Morgan fingerprint density at radius 1 is 0.931 bits per heavy atom. The lowest BCUT2D eigenvalue weighted by Gasteiger charge is -2.13. The number of aromatic nitrogens is 2. The molecular weight excluding hydrogens is 382 g/mol. The summed E-state index contributed by atoms with van der Waals surface area (Å²) in [7, 11) is 0. The highest BCUT2D eigenvalue weighted by Crippen LogP contribution is 2.27. The van der Waals surface area contributed by atoms with Gasteiger partial charge in [0.25, 0.3) is 5.56 Å². The monoisotopic (exact) mass is 401 g/mol. The summed E-state index contributed by atoms with van der Waals surface area (Å²) in [6.07, 6.45) is 0. The first-order valence-corrected chi connectivity index (χ1v) is 10.1. The van der Waals surface area contributed by atoms with Gasteiger partial charge in [-0.1, -0.05) is 48.5 Å². The zero-order valence-corrected chi connectivity index (χ0v) is 17.0. The molecule has 2 heterocycles. The van der Waals surface area contributed by atoms with Crippen LogP contribution in [0.25, 0.3) is 10.2 Å². The highest BCUT2D eigenvalue weighted by atomic mass is 32.1. The Labute approximate surface area is 171 Å². The summed E-state index contributed by atoms with van der Waals surface area (Å²) < 4.78 is 2.92. The minimum absolute atomic E-state index is 0.211. The Hall–Kier alpha value is -3.43. The van der Waals surface area contributed by atoms with Crippen LogP contribution in [0.3, 0.4) is 0 Å². The highest BCUT2D eigenvalue weighted by Gasteiger charge is 2.19. The molecular formula is C23H19N3O2S. The zero-order valence-electron chi connectivity index (χ0n) is 16.2. The fourth-order valence-corrected chi connectivity index (χ4v) is 4.63. The predicted molar refractivity (Wildman–Crippen MR) is 116 cm³/mol. The van der Waals surface area contributed by atoms with E-state index in [-0.39, 0.29) is 24.3 Å². The second-order valence-corrected chi connectivity index (χ2v) is 8.18. The first kappa shape index (κ1) is 18.9. The van der Waals surface area contributed by atoms with Gasteiger partial charge < -0.3 is 0 Å². The third kappa shape index (κ3) is 3.30. The lowest BCUT2D eigenvalue weighted by atomic mass is 10.1. The van der Waals surface area contributed by atoms with Crippen molar-refractivity contribution in [2.45, 2.75) is 26.9 Å². The largest absolute Gasteiger partial charge is 0.332 e. The molecule has 0 aliphatic carbocycles. The van der Waals surface area contributed by atoms with Crippen LogP contribution < -0.4 is 11.2 Å². The van der Waals surface area contributed by atoms with Gasteiger partial charge in [-0.05, 0) is 36.6 Å². The minimum atomic E-state index is -0.361. The fourth-order valence-electron chi connectivity index (χ4n) is 3.49. The molecule has 2 aromatic carbocycles. The van der Waals surface area contributed by atoms with Gasteiger partial charge in [-0.2, -0.15) is 5.26 Å². The number of fused-ring (bicyclic) bond motifs is 1. The molecule has 0 saturated carbocycles. The Morgan fingerprint density at radius 3 is 2.34 bits per heavy atom. The maximum atomic E-state index is 13.4. The van der Waals surface area contributed by atoms with Crippen LogP contribution >= 0.6 is 11.3 Å². The molecule has 4 rings (SSSR count). The van der Waals surface area contributed by atoms with Crippen LogP contribution in [0.2, 0.25) is 0 Å². The number of benzene rings is 2. The van der Waals surface area contributed by atoms with E-state index in [1.54, 1.807) is 16.7 Å². The van der Waals surface area contributed by atoms with Crippen LogP contribution in [0, 0.1) is 25.2 Å². The van der Waals surface area contributed by atoms with Gasteiger partial charge in [0, 0.05) is 4.88 Å². The second-order valence-electron chi connectivity index (χ2n) is 6.98. The molecule has 0 amide bonds. The number of hydrogen-bond donors (Lipinski definition) is 0.